The quantitative estimate of drug-likeness (QED) is 0.717. The zero-order valence-electron chi connectivity index (χ0n) is 14.7. The molecule has 0 spiro atoms. The number of carbonyl (C=O) groups is 1. The lowest BCUT2D eigenvalue weighted by atomic mass is 10.2. The van der Waals surface area contributed by atoms with Crippen LogP contribution >= 0.6 is 0 Å². The summed E-state index contributed by atoms with van der Waals surface area (Å²) in [4.78, 5) is 23.4. The van der Waals surface area contributed by atoms with Crippen LogP contribution in [0.2, 0.25) is 0 Å². The Morgan fingerprint density at radius 1 is 1.18 bits per heavy atom. The zero-order valence-corrected chi connectivity index (χ0v) is 14.7. The van der Waals surface area contributed by atoms with Gasteiger partial charge in [0.05, 0.1) is 11.4 Å². The van der Waals surface area contributed by atoms with Crippen LogP contribution in [0.4, 0.5) is 23.7 Å². The van der Waals surface area contributed by atoms with E-state index in [1.54, 1.807) is 25.3 Å². The van der Waals surface area contributed by atoms with Crippen LogP contribution in [0.1, 0.15) is 22.8 Å². The van der Waals surface area contributed by atoms with Crippen LogP contribution in [0.25, 0.3) is 11.5 Å². The Bertz CT molecular complexity index is 986. The second-order valence-corrected chi connectivity index (χ2v) is 5.76. The molecule has 3 aromatic heterocycles. The van der Waals surface area contributed by atoms with Crippen molar-refractivity contribution in [3.8, 4) is 11.5 Å². The van der Waals surface area contributed by atoms with E-state index in [0.717, 1.165) is 11.3 Å². The minimum absolute atomic E-state index is 0.0345. The number of alkyl halides is 3. The maximum atomic E-state index is 12.5. The van der Waals surface area contributed by atoms with Gasteiger partial charge in [-0.3, -0.25) is 10.3 Å². The van der Waals surface area contributed by atoms with Gasteiger partial charge in [0, 0.05) is 17.5 Å². The third kappa shape index (κ3) is 4.61. The molecule has 1 amide bonds. The highest BCUT2D eigenvalue weighted by molar-refractivity contribution is 5.85. The molecule has 0 aliphatic carbocycles. The van der Waals surface area contributed by atoms with Crippen molar-refractivity contribution in [1.29, 1.82) is 0 Å². The van der Waals surface area contributed by atoms with Gasteiger partial charge < -0.3 is 9.26 Å². The highest BCUT2D eigenvalue weighted by Gasteiger charge is 2.38. The van der Waals surface area contributed by atoms with Crippen molar-refractivity contribution in [3.05, 3.63) is 53.3 Å². The van der Waals surface area contributed by atoms with E-state index in [1.807, 2.05) is 6.92 Å². The Morgan fingerprint density at radius 3 is 2.57 bits per heavy atom. The minimum Gasteiger partial charge on any atom is -0.444 e. The van der Waals surface area contributed by atoms with E-state index >= 15 is 0 Å². The Balaban J connectivity index is 1.64. The van der Waals surface area contributed by atoms with Gasteiger partial charge in [0.25, 0.3) is 0 Å². The maximum Gasteiger partial charge on any atom is 0.471 e. The average Bonchev–Trinajstić information content (AvgIpc) is 3.13. The van der Waals surface area contributed by atoms with Gasteiger partial charge in [0.1, 0.15) is 12.3 Å². The van der Waals surface area contributed by atoms with Crippen molar-refractivity contribution in [1.82, 2.24) is 20.1 Å². The highest BCUT2D eigenvalue weighted by atomic mass is 19.4. The molecule has 0 aliphatic rings. The van der Waals surface area contributed by atoms with Gasteiger partial charge in [-0.05, 0) is 32.0 Å². The molecule has 0 aromatic carbocycles. The van der Waals surface area contributed by atoms with Crippen LogP contribution in [-0.4, -0.2) is 26.2 Å². The molecule has 0 unspecified atom stereocenters. The van der Waals surface area contributed by atoms with Crippen molar-refractivity contribution < 1.29 is 27.2 Å². The first-order valence-electron chi connectivity index (χ1n) is 7.96. The SMILES string of the molecule is Cc1ccc(COC(=O)Nc2ccc(-c3noc(C(F)(F)F)n3)nc2C)cn1. The Labute approximate surface area is 156 Å². The van der Waals surface area contributed by atoms with Crippen LogP contribution in [0.5, 0.6) is 0 Å². The van der Waals surface area contributed by atoms with Crippen molar-refractivity contribution in [2.45, 2.75) is 26.6 Å². The van der Waals surface area contributed by atoms with Gasteiger partial charge in [-0.2, -0.15) is 18.2 Å². The Kier molecular flexibility index (Phi) is 5.25. The molecule has 3 heterocycles. The molecule has 11 heteroatoms. The topological polar surface area (TPSA) is 103 Å². The molecule has 1 N–H and O–H groups in total. The van der Waals surface area contributed by atoms with Gasteiger partial charge >= 0.3 is 18.2 Å². The van der Waals surface area contributed by atoms with Gasteiger partial charge in [0.2, 0.25) is 5.82 Å². The molecule has 3 aromatic rings. The van der Waals surface area contributed by atoms with E-state index in [2.05, 4.69) is 29.9 Å². The summed E-state index contributed by atoms with van der Waals surface area (Å²) in [7, 11) is 0. The standard InChI is InChI=1S/C17H14F3N5O3/c1-9-3-4-11(7-21-9)8-27-16(26)23-12-5-6-13(22-10(12)2)14-24-15(28-25-14)17(18,19)20/h3-7H,8H2,1-2H3,(H,23,26). The number of amides is 1. The van der Waals surface area contributed by atoms with Crippen molar-refractivity contribution >= 4 is 11.8 Å². The fourth-order valence-corrected chi connectivity index (χ4v) is 2.14. The number of rotatable bonds is 4. The number of pyridine rings is 2. The third-order valence-corrected chi connectivity index (χ3v) is 3.56. The van der Waals surface area contributed by atoms with E-state index < -0.39 is 18.2 Å². The molecule has 0 bridgehead atoms. The number of aromatic nitrogens is 4. The van der Waals surface area contributed by atoms with Gasteiger partial charge in [-0.1, -0.05) is 11.2 Å². The number of aryl methyl sites for hydroxylation is 2. The van der Waals surface area contributed by atoms with Crippen LogP contribution in [0.3, 0.4) is 0 Å². The number of nitrogens with zero attached hydrogens (tertiary/aromatic N) is 4. The lowest BCUT2D eigenvalue weighted by Gasteiger charge is -2.09. The first-order chi connectivity index (χ1) is 13.2. The number of halogens is 3. The second-order valence-electron chi connectivity index (χ2n) is 5.76. The fourth-order valence-electron chi connectivity index (χ4n) is 2.14. The van der Waals surface area contributed by atoms with Crippen LogP contribution in [0.15, 0.2) is 35.0 Å². The largest absolute Gasteiger partial charge is 0.471 e. The van der Waals surface area contributed by atoms with Crippen molar-refractivity contribution in [2.75, 3.05) is 5.32 Å². The summed E-state index contributed by atoms with van der Waals surface area (Å²) in [6.07, 6.45) is -3.85. The molecule has 0 atom stereocenters. The predicted molar refractivity (Wildman–Crippen MR) is 90.0 cm³/mol. The summed E-state index contributed by atoms with van der Waals surface area (Å²) >= 11 is 0. The second kappa shape index (κ2) is 7.62. The number of hydrogen-bond acceptors (Lipinski definition) is 7. The molecular weight excluding hydrogens is 379 g/mol. The highest BCUT2D eigenvalue weighted by Crippen LogP contribution is 2.29. The number of anilines is 1. The lowest BCUT2D eigenvalue weighted by Crippen LogP contribution is -2.15. The molecule has 8 nitrogen and oxygen atoms in total. The average molecular weight is 393 g/mol. The summed E-state index contributed by atoms with van der Waals surface area (Å²) in [5, 5.41) is 5.78. The van der Waals surface area contributed by atoms with E-state index in [9.17, 15) is 18.0 Å². The monoisotopic (exact) mass is 393 g/mol. The number of nitrogens with one attached hydrogen (secondary N) is 1. The Hall–Kier alpha value is -3.50. The normalized spacial score (nSPS) is 11.3. The third-order valence-electron chi connectivity index (χ3n) is 3.56. The van der Waals surface area contributed by atoms with Crippen molar-refractivity contribution in [3.63, 3.8) is 0 Å². The molecule has 0 aliphatic heterocycles. The van der Waals surface area contributed by atoms with Crippen LogP contribution < -0.4 is 5.32 Å². The summed E-state index contributed by atoms with van der Waals surface area (Å²) in [6, 6.07) is 6.40. The van der Waals surface area contributed by atoms with Gasteiger partial charge in [-0.25, -0.2) is 9.78 Å². The van der Waals surface area contributed by atoms with Crippen LogP contribution in [0, 0.1) is 13.8 Å². The lowest BCUT2D eigenvalue weighted by molar-refractivity contribution is -0.159. The molecule has 0 saturated heterocycles. The molecule has 0 saturated carbocycles. The summed E-state index contributed by atoms with van der Waals surface area (Å²) in [5.41, 5.74) is 2.31. The summed E-state index contributed by atoms with van der Waals surface area (Å²) in [5.74, 6) is -1.77. The van der Waals surface area contributed by atoms with E-state index in [0.29, 0.717) is 11.4 Å². The molecule has 146 valence electrons. The van der Waals surface area contributed by atoms with Crippen LogP contribution in [-0.2, 0) is 17.5 Å². The minimum atomic E-state index is -4.74. The van der Waals surface area contributed by atoms with E-state index in [4.69, 9.17) is 4.74 Å². The van der Waals surface area contributed by atoms with E-state index in [-0.39, 0.29) is 18.1 Å². The molecule has 0 fully saturated rings. The zero-order chi connectivity index (χ0) is 20.3. The number of carbonyl (C=O) groups excluding carboxylic acids is 1. The maximum absolute atomic E-state index is 12.5. The summed E-state index contributed by atoms with van der Waals surface area (Å²) < 4.78 is 46.9. The summed E-state index contributed by atoms with van der Waals surface area (Å²) in [6.45, 7) is 3.44. The molecule has 28 heavy (non-hydrogen) atoms. The fraction of sp³-hybridized carbons (Fsp3) is 0.235. The first-order valence-corrected chi connectivity index (χ1v) is 7.96. The van der Waals surface area contributed by atoms with Crippen molar-refractivity contribution in [2.24, 2.45) is 0 Å². The smallest absolute Gasteiger partial charge is 0.444 e. The molecule has 0 radical (unpaired) electrons. The predicted octanol–water partition coefficient (Wildman–Crippen LogP) is 3.91. The van der Waals surface area contributed by atoms with Gasteiger partial charge in [-0.15, -0.1) is 0 Å². The number of hydrogen-bond donors (Lipinski definition) is 1. The Morgan fingerprint density at radius 2 is 1.96 bits per heavy atom. The van der Waals surface area contributed by atoms with E-state index in [1.165, 1.54) is 12.1 Å². The molecule has 3 rings (SSSR count). The number of ether oxygens (including phenoxy) is 1. The first kappa shape index (κ1) is 19.3. The van der Waals surface area contributed by atoms with Gasteiger partial charge in [0.15, 0.2) is 0 Å². The molecular formula is C17H14F3N5O3.